The Morgan fingerprint density at radius 1 is 1.50 bits per heavy atom. The zero-order valence-electron chi connectivity index (χ0n) is 7.77. The number of nitrogens with zero attached hydrogens (tertiary/aromatic N) is 1. The molecule has 70 valence electrons. The minimum Gasteiger partial charge on any atom is -0.345 e. The van der Waals surface area contributed by atoms with Gasteiger partial charge >= 0.3 is 0 Å². The second-order valence-corrected chi connectivity index (χ2v) is 14.2. The van der Waals surface area contributed by atoms with Gasteiger partial charge in [-0.05, 0) is 12.8 Å². The van der Waals surface area contributed by atoms with Crippen LogP contribution in [0.5, 0.6) is 0 Å². The zero-order chi connectivity index (χ0) is 9.19. The Morgan fingerprint density at radius 2 is 2.17 bits per heavy atom. The van der Waals surface area contributed by atoms with E-state index in [4.69, 9.17) is 0 Å². The first-order valence-electron chi connectivity index (χ1n) is 4.46. The predicted molar refractivity (Wildman–Crippen MR) is 56.8 cm³/mol. The molecule has 0 aliphatic carbocycles. The van der Waals surface area contributed by atoms with Crippen molar-refractivity contribution in [1.82, 2.24) is 4.90 Å². The van der Waals surface area contributed by atoms with E-state index in [1.807, 2.05) is 4.90 Å². The molecule has 0 spiro atoms. The average molecular weight is 250 g/mol. The fraction of sp³-hybridized carbons (Fsp3) is 0.875. The summed E-state index contributed by atoms with van der Waals surface area (Å²) in [5.74, 6) is 0.348. The number of carbonyl (C=O) groups excluding carboxylic acids is 1. The van der Waals surface area contributed by atoms with E-state index in [1.54, 1.807) is 0 Å². The maximum Gasteiger partial charge on any atom is 0.222 e. The summed E-state index contributed by atoms with van der Waals surface area (Å²) in [5, 5.41) is 0. The predicted octanol–water partition coefficient (Wildman–Crippen LogP) is 2.14. The highest BCUT2D eigenvalue weighted by atomic mass is 79.9. The molecule has 0 unspecified atom stereocenters. The van der Waals surface area contributed by atoms with E-state index < -0.39 is 6.69 Å². The minimum atomic E-state index is -1.27. The van der Waals surface area contributed by atoms with E-state index in [0.717, 1.165) is 25.6 Å². The summed E-state index contributed by atoms with van der Waals surface area (Å²) in [5.41, 5.74) is 0. The molecule has 1 saturated heterocycles. The topological polar surface area (TPSA) is 20.3 Å². The molecule has 1 heterocycles. The third-order valence-electron chi connectivity index (χ3n) is 1.99. The van der Waals surface area contributed by atoms with Gasteiger partial charge in [0.2, 0.25) is 5.91 Å². The van der Waals surface area contributed by atoms with E-state index >= 15 is 0 Å². The van der Waals surface area contributed by atoms with Crippen LogP contribution in [-0.4, -0.2) is 30.2 Å². The average Bonchev–Trinajstić information content (AvgIpc) is 1.91. The lowest BCUT2D eigenvalue weighted by molar-refractivity contribution is -0.132. The van der Waals surface area contributed by atoms with Crippen LogP contribution in [-0.2, 0) is 4.79 Å². The van der Waals surface area contributed by atoms with E-state index in [1.165, 1.54) is 6.42 Å². The van der Waals surface area contributed by atoms with Gasteiger partial charge in [-0.1, -0.05) is 13.1 Å². The molecule has 4 heteroatoms. The van der Waals surface area contributed by atoms with Gasteiger partial charge in [0.25, 0.3) is 0 Å². The summed E-state index contributed by atoms with van der Waals surface area (Å²) in [6.07, 6.45) is 3.99. The molecular weight excluding hydrogens is 234 g/mol. The highest BCUT2D eigenvalue weighted by Gasteiger charge is 2.25. The molecule has 0 atom stereocenters. The molecular formula is C8H16BrNOSi. The molecule has 1 aliphatic heterocycles. The lowest BCUT2D eigenvalue weighted by atomic mass is 10.1. The van der Waals surface area contributed by atoms with Crippen LogP contribution in [0.4, 0.5) is 0 Å². The highest BCUT2D eigenvalue weighted by Crippen LogP contribution is 2.17. The summed E-state index contributed by atoms with van der Waals surface area (Å²) in [6.45, 7) is 4.17. The van der Waals surface area contributed by atoms with Gasteiger partial charge in [0, 0.05) is 19.1 Å². The molecule has 1 aliphatic rings. The lowest BCUT2D eigenvalue weighted by Gasteiger charge is -2.30. The smallest absolute Gasteiger partial charge is 0.222 e. The number of hydrogen-bond donors (Lipinski definition) is 0. The molecule has 1 amide bonds. The molecule has 1 rings (SSSR count). The van der Waals surface area contributed by atoms with E-state index in [9.17, 15) is 4.79 Å². The van der Waals surface area contributed by atoms with Crippen LogP contribution in [0.3, 0.4) is 0 Å². The minimum absolute atomic E-state index is 0.348. The van der Waals surface area contributed by atoms with E-state index in [0.29, 0.717) is 5.91 Å². The maximum atomic E-state index is 11.4. The Kier molecular flexibility index (Phi) is 3.35. The molecule has 0 radical (unpaired) electrons. The third-order valence-corrected chi connectivity index (χ3v) is 3.87. The normalized spacial score (nSPS) is 19.9. The van der Waals surface area contributed by atoms with Gasteiger partial charge in [-0.25, -0.2) is 0 Å². The molecule has 1 fully saturated rings. The maximum absolute atomic E-state index is 11.4. The van der Waals surface area contributed by atoms with Crippen LogP contribution in [0, 0.1) is 0 Å². The molecule has 0 saturated carbocycles. The molecule has 12 heavy (non-hydrogen) atoms. The number of rotatable bonds is 2. The quantitative estimate of drug-likeness (QED) is 0.543. The number of hydrogen-bond acceptors (Lipinski definition) is 1. The number of halogens is 1. The van der Waals surface area contributed by atoms with Gasteiger partial charge in [0.05, 0.1) is 0 Å². The van der Waals surface area contributed by atoms with Gasteiger partial charge in [-0.2, -0.15) is 0 Å². The fourth-order valence-corrected chi connectivity index (χ4v) is 3.63. The van der Waals surface area contributed by atoms with Crippen molar-refractivity contribution < 1.29 is 4.79 Å². The van der Waals surface area contributed by atoms with Gasteiger partial charge < -0.3 is 4.90 Å². The molecule has 0 aromatic rings. The van der Waals surface area contributed by atoms with Crippen molar-refractivity contribution >= 4 is 27.9 Å². The van der Waals surface area contributed by atoms with Crippen molar-refractivity contribution in [2.24, 2.45) is 0 Å². The lowest BCUT2D eigenvalue weighted by Crippen LogP contribution is -2.44. The first-order chi connectivity index (χ1) is 5.49. The van der Waals surface area contributed by atoms with Crippen molar-refractivity contribution in [3.05, 3.63) is 0 Å². The van der Waals surface area contributed by atoms with Crippen LogP contribution in [0.15, 0.2) is 0 Å². The zero-order valence-corrected chi connectivity index (χ0v) is 10.4. The molecule has 0 aromatic heterocycles. The van der Waals surface area contributed by atoms with Gasteiger partial charge in [0.1, 0.15) is 6.69 Å². The van der Waals surface area contributed by atoms with Crippen LogP contribution in [0.25, 0.3) is 0 Å². The number of carbonyl (C=O) groups is 1. The summed E-state index contributed by atoms with van der Waals surface area (Å²) in [6, 6.07) is 0. The summed E-state index contributed by atoms with van der Waals surface area (Å²) in [7, 11) is 0. The molecule has 0 bridgehead atoms. The first kappa shape index (κ1) is 10.2. The number of piperidine rings is 1. The highest BCUT2D eigenvalue weighted by molar-refractivity contribution is 9.26. The Labute approximate surface area is 82.9 Å². The van der Waals surface area contributed by atoms with Crippen molar-refractivity contribution in [1.29, 1.82) is 0 Å². The summed E-state index contributed by atoms with van der Waals surface area (Å²) in [4.78, 5) is 13.4. The van der Waals surface area contributed by atoms with E-state index in [2.05, 4.69) is 28.4 Å². The second-order valence-electron chi connectivity index (χ2n) is 3.99. The SMILES string of the molecule is C[Si](C)(Br)CN1CCCCC1=O. The van der Waals surface area contributed by atoms with Crippen LogP contribution >= 0.6 is 15.3 Å². The van der Waals surface area contributed by atoms with E-state index in [-0.39, 0.29) is 0 Å². The monoisotopic (exact) mass is 249 g/mol. The fourth-order valence-electron chi connectivity index (χ4n) is 1.48. The Morgan fingerprint density at radius 3 is 2.67 bits per heavy atom. The van der Waals surface area contributed by atoms with Crippen molar-refractivity contribution in [2.75, 3.05) is 12.7 Å². The van der Waals surface area contributed by atoms with Crippen molar-refractivity contribution in [3.8, 4) is 0 Å². The van der Waals surface area contributed by atoms with Crippen LogP contribution in [0.2, 0.25) is 13.1 Å². The number of amides is 1. The summed E-state index contributed by atoms with van der Waals surface area (Å²) >= 11 is 3.69. The molecule has 2 nitrogen and oxygen atoms in total. The Balaban J connectivity index is 2.45. The standard InChI is InChI=1S/C8H16BrNOSi/c1-12(2,9)7-10-6-4-3-5-8(10)11/h3-7H2,1-2H3. The Bertz CT molecular complexity index is 178. The third kappa shape index (κ3) is 3.27. The van der Waals surface area contributed by atoms with Crippen molar-refractivity contribution in [3.63, 3.8) is 0 Å². The van der Waals surface area contributed by atoms with Gasteiger partial charge in [-0.15, -0.1) is 15.3 Å². The largest absolute Gasteiger partial charge is 0.345 e. The number of likely N-dealkylation sites (tertiary alicyclic amines) is 1. The van der Waals surface area contributed by atoms with Gasteiger partial charge in [0.15, 0.2) is 0 Å². The first-order valence-corrected chi connectivity index (χ1v) is 9.92. The Hall–Kier alpha value is 0.167. The van der Waals surface area contributed by atoms with Crippen LogP contribution in [0.1, 0.15) is 19.3 Å². The molecule has 0 aromatic carbocycles. The van der Waals surface area contributed by atoms with Crippen LogP contribution < -0.4 is 0 Å². The van der Waals surface area contributed by atoms with Crippen molar-refractivity contribution in [2.45, 2.75) is 32.4 Å². The summed E-state index contributed by atoms with van der Waals surface area (Å²) < 4.78 is 0. The van der Waals surface area contributed by atoms with Gasteiger partial charge in [-0.3, -0.25) is 4.79 Å². The second kappa shape index (κ2) is 3.92. The molecule has 0 N–H and O–H groups in total.